The maximum Gasteiger partial charge on any atom is 0.243 e. The summed E-state index contributed by atoms with van der Waals surface area (Å²) in [7, 11) is -3.63. The van der Waals surface area contributed by atoms with Gasteiger partial charge in [-0.15, -0.1) is 0 Å². The average Bonchev–Trinajstić information content (AvgIpc) is 2.72. The lowest BCUT2D eigenvalue weighted by molar-refractivity contribution is -0.132. The van der Waals surface area contributed by atoms with Crippen molar-refractivity contribution in [2.45, 2.75) is 24.7 Å². The molecule has 29 heavy (non-hydrogen) atoms. The van der Waals surface area contributed by atoms with Gasteiger partial charge in [-0.1, -0.05) is 40.2 Å². The molecule has 1 amide bonds. The Labute approximate surface area is 179 Å². The molecule has 1 fully saturated rings. The number of halogens is 1. The Kier molecular flexibility index (Phi) is 6.87. The first-order valence-corrected chi connectivity index (χ1v) is 11.6. The van der Waals surface area contributed by atoms with Crippen molar-refractivity contribution < 1.29 is 18.0 Å². The second-order valence-electron chi connectivity index (χ2n) is 7.00. The number of piperazine rings is 1. The second kappa shape index (κ2) is 9.19. The summed E-state index contributed by atoms with van der Waals surface area (Å²) in [5.41, 5.74) is 1.56. The predicted octanol–water partition coefficient (Wildman–Crippen LogP) is 3.12. The summed E-state index contributed by atoms with van der Waals surface area (Å²) >= 11 is 3.43. The van der Waals surface area contributed by atoms with Gasteiger partial charge in [0.1, 0.15) is 0 Å². The van der Waals surface area contributed by atoms with Gasteiger partial charge in [-0.25, -0.2) is 8.42 Å². The molecule has 2 aromatic rings. The van der Waals surface area contributed by atoms with Crippen LogP contribution in [0, 0.1) is 0 Å². The molecule has 0 unspecified atom stereocenters. The van der Waals surface area contributed by atoms with Crippen LogP contribution >= 0.6 is 15.9 Å². The molecule has 0 radical (unpaired) electrons. The van der Waals surface area contributed by atoms with Gasteiger partial charge in [-0.2, -0.15) is 4.31 Å². The van der Waals surface area contributed by atoms with Crippen LogP contribution in [-0.2, 0) is 21.2 Å². The molecule has 0 aromatic heterocycles. The molecule has 3 rings (SSSR count). The van der Waals surface area contributed by atoms with E-state index in [9.17, 15) is 18.0 Å². The minimum Gasteiger partial charge on any atom is -0.340 e. The minimum atomic E-state index is -3.63. The molecule has 1 aliphatic heterocycles. The van der Waals surface area contributed by atoms with Crippen molar-refractivity contribution >= 4 is 37.6 Å². The summed E-state index contributed by atoms with van der Waals surface area (Å²) in [5, 5.41) is 0. The van der Waals surface area contributed by atoms with Gasteiger partial charge in [0.25, 0.3) is 0 Å². The van der Waals surface area contributed by atoms with E-state index in [1.54, 1.807) is 4.90 Å². The Bertz CT molecular complexity index is 998. The lowest BCUT2D eigenvalue weighted by atomic mass is 10.1. The number of aryl methyl sites for hydroxylation is 1. The number of hydrogen-bond donors (Lipinski definition) is 0. The Balaban J connectivity index is 1.56. The highest BCUT2D eigenvalue weighted by atomic mass is 79.9. The van der Waals surface area contributed by atoms with Crippen molar-refractivity contribution in [2.24, 2.45) is 0 Å². The normalized spacial score (nSPS) is 15.3. The molecule has 1 saturated heterocycles. The van der Waals surface area contributed by atoms with Crippen LogP contribution < -0.4 is 0 Å². The third kappa shape index (κ3) is 5.32. The number of nitrogens with zero attached hydrogens (tertiary/aromatic N) is 2. The zero-order valence-corrected chi connectivity index (χ0v) is 18.6. The standard InChI is InChI=1S/C21H23BrN2O4S/c1-16(25)18-6-8-20(9-7-18)29(27,28)24-13-11-23(12-14-24)21(26)10-5-17-3-2-4-19(22)15-17/h2-4,6-9,15H,5,10-14H2,1H3. The largest absolute Gasteiger partial charge is 0.340 e. The molecular formula is C21H23BrN2O4S. The summed E-state index contributed by atoms with van der Waals surface area (Å²) in [4.78, 5) is 25.8. The number of amides is 1. The number of benzene rings is 2. The van der Waals surface area contributed by atoms with E-state index in [1.165, 1.54) is 35.5 Å². The molecule has 0 atom stereocenters. The van der Waals surface area contributed by atoms with E-state index in [0.717, 1.165) is 10.0 Å². The van der Waals surface area contributed by atoms with Crippen LogP contribution in [0.3, 0.4) is 0 Å². The van der Waals surface area contributed by atoms with Crippen LogP contribution in [0.2, 0.25) is 0 Å². The number of hydrogen-bond acceptors (Lipinski definition) is 4. The smallest absolute Gasteiger partial charge is 0.243 e. The first kappa shape index (κ1) is 21.7. The summed E-state index contributed by atoms with van der Waals surface area (Å²) in [6.07, 6.45) is 1.05. The van der Waals surface area contributed by atoms with Gasteiger partial charge in [-0.3, -0.25) is 9.59 Å². The van der Waals surface area contributed by atoms with Crippen molar-refractivity contribution in [1.29, 1.82) is 0 Å². The van der Waals surface area contributed by atoms with Crippen LogP contribution in [0.5, 0.6) is 0 Å². The molecule has 2 aromatic carbocycles. The zero-order valence-electron chi connectivity index (χ0n) is 16.2. The number of sulfonamides is 1. The van der Waals surface area contributed by atoms with Gasteiger partial charge in [-0.05, 0) is 43.2 Å². The highest BCUT2D eigenvalue weighted by molar-refractivity contribution is 9.10. The van der Waals surface area contributed by atoms with Crippen LogP contribution in [0.25, 0.3) is 0 Å². The van der Waals surface area contributed by atoms with Crippen LogP contribution in [0.15, 0.2) is 57.9 Å². The fraction of sp³-hybridized carbons (Fsp3) is 0.333. The molecule has 1 heterocycles. The molecule has 1 aliphatic rings. The fourth-order valence-electron chi connectivity index (χ4n) is 3.29. The van der Waals surface area contributed by atoms with Crippen molar-refractivity contribution in [1.82, 2.24) is 9.21 Å². The summed E-state index contributed by atoms with van der Waals surface area (Å²) in [5.74, 6) is -0.0724. The molecule has 0 saturated carbocycles. The van der Waals surface area contributed by atoms with Gasteiger partial charge in [0.05, 0.1) is 4.90 Å². The van der Waals surface area contributed by atoms with Gasteiger partial charge < -0.3 is 4.90 Å². The van der Waals surface area contributed by atoms with E-state index in [2.05, 4.69) is 15.9 Å². The monoisotopic (exact) mass is 478 g/mol. The van der Waals surface area contributed by atoms with Gasteiger partial charge in [0.15, 0.2) is 5.78 Å². The molecule has 0 bridgehead atoms. The van der Waals surface area contributed by atoms with E-state index in [1.807, 2.05) is 24.3 Å². The SMILES string of the molecule is CC(=O)c1ccc(S(=O)(=O)N2CCN(C(=O)CCc3cccc(Br)c3)CC2)cc1. The van der Waals surface area contributed by atoms with Crippen LogP contribution in [0.4, 0.5) is 0 Å². The third-order valence-electron chi connectivity index (χ3n) is 5.01. The topological polar surface area (TPSA) is 74.8 Å². The van der Waals surface area contributed by atoms with E-state index in [-0.39, 0.29) is 29.7 Å². The van der Waals surface area contributed by atoms with Crippen LogP contribution in [0.1, 0.15) is 29.3 Å². The Morgan fingerprint density at radius 3 is 2.24 bits per heavy atom. The van der Waals surface area contributed by atoms with Gasteiger partial charge in [0, 0.05) is 42.6 Å². The van der Waals surface area contributed by atoms with E-state index in [4.69, 9.17) is 0 Å². The van der Waals surface area contributed by atoms with Crippen molar-refractivity contribution in [3.8, 4) is 0 Å². The zero-order chi connectivity index (χ0) is 21.0. The van der Waals surface area contributed by atoms with Gasteiger partial charge >= 0.3 is 0 Å². The number of carbonyl (C=O) groups is 2. The van der Waals surface area contributed by atoms with Crippen LogP contribution in [-0.4, -0.2) is 55.5 Å². The van der Waals surface area contributed by atoms with Gasteiger partial charge in [0.2, 0.25) is 15.9 Å². The van der Waals surface area contributed by atoms with E-state index in [0.29, 0.717) is 31.5 Å². The summed E-state index contributed by atoms with van der Waals surface area (Å²) in [6.45, 7) is 2.72. The third-order valence-corrected chi connectivity index (χ3v) is 7.41. The lowest BCUT2D eigenvalue weighted by Crippen LogP contribution is -2.50. The number of carbonyl (C=O) groups excluding carboxylic acids is 2. The number of Topliss-reactive ketones (excluding diaryl/α,β-unsaturated/α-hetero) is 1. The molecule has 0 spiro atoms. The molecule has 0 aliphatic carbocycles. The molecule has 8 heteroatoms. The quantitative estimate of drug-likeness (QED) is 0.597. The predicted molar refractivity (Wildman–Crippen MR) is 114 cm³/mol. The first-order valence-electron chi connectivity index (χ1n) is 9.41. The Morgan fingerprint density at radius 1 is 1.00 bits per heavy atom. The minimum absolute atomic E-state index is 0.0350. The number of rotatable bonds is 6. The van der Waals surface area contributed by atoms with Crippen molar-refractivity contribution in [2.75, 3.05) is 26.2 Å². The second-order valence-corrected chi connectivity index (χ2v) is 9.85. The first-order chi connectivity index (χ1) is 13.8. The van der Waals surface area contributed by atoms with E-state index >= 15 is 0 Å². The highest BCUT2D eigenvalue weighted by Gasteiger charge is 2.30. The average molecular weight is 479 g/mol. The highest BCUT2D eigenvalue weighted by Crippen LogP contribution is 2.19. The molecular weight excluding hydrogens is 456 g/mol. The Hall–Kier alpha value is -2.03. The summed E-state index contributed by atoms with van der Waals surface area (Å²) < 4.78 is 28.0. The summed E-state index contributed by atoms with van der Waals surface area (Å²) in [6, 6.07) is 13.8. The van der Waals surface area contributed by atoms with E-state index < -0.39 is 10.0 Å². The molecule has 0 N–H and O–H groups in total. The fourth-order valence-corrected chi connectivity index (χ4v) is 5.16. The maximum atomic E-state index is 12.8. The molecule has 154 valence electrons. The number of ketones is 1. The Morgan fingerprint density at radius 2 is 1.66 bits per heavy atom. The molecule has 6 nitrogen and oxygen atoms in total. The van der Waals surface area contributed by atoms with Crippen molar-refractivity contribution in [3.63, 3.8) is 0 Å². The maximum absolute atomic E-state index is 12.8. The lowest BCUT2D eigenvalue weighted by Gasteiger charge is -2.34. The van der Waals surface area contributed by atoms with Crippen molar-refractivity contribution in [3.05, 3.63) is 64.1 Å².